The van der Waals surface area contributed by atoms with E-state index in [2.05, 4.69) is 0 Å². The summed E-state index contributed by atoms with van der Waals surface area (Å²) in [5, 5.41) is 9.63. The molecule has 0 aliphatic heterocycles. The van der Waals surface area contributed by atoms with Gasteiger partial charge in [-0.3, -0.25) is 9.59 Å². The van der Waals surface area contributed by atoms with Gasteiger partial charge in [-0.1, -0.05) is 6.07 Å². The number of rotatable bonds is 2. The zero-order valence-electron chi connectivity index (χ0n) is 10.4. The van der Waals surface area contributed by atoms with E-state index in [1.807, 2.05) is 0 Å². The fraction of sp³-hybridized carbons (Fsp3) is 0.385. The highest BCUT2D eigenvalue weighted by atomic mass is 16.5. The summed E-state index contributed by atoms with van der Waals surface area (Å²) in [7, 11) is 0. The molecule has 1 rings (SSSR count). The van der Waals surface area contributed by atoms with Gasteiger partial charge in [0.05, 0.1) is 11.0 Å². The predicted octanol–water partition coefficient (Wildman–Crippen LogP) is 2.55. The topological polar surface area (TPSA) is 63.6 Å². The number of esters is 1. The normalized spacial score (nSPS) is 11.1. The molecule has 4 heteroatoms. The van der Waals surface area contributed by atoms with Crippen molar-refractivity contribution in [2.45, 2.75) is 27.7 Å². The van der Waals surface area contributed by atoms with Crippen LogP contribution in [-0.4, -0.2) is 16.9 Å². The van der Waals surface area contributed by atoms with E-state index in [0.717, 1.165) is 0 Å². The van der Waals surface area contributed by atoms with Gasteiger partial charge in [0, 0.05) is 0 Å². The molecule has 0 spiro atoms. The third kappa shape index (κ3) is 3.06. The Balaban J connectivity index is 3.14. The Labute approximate surface area is 100 Å². The molecule has 0 atom stereocenters. The highest BCUT2D eigenvalue weighted by Crippen LogP contribution is 2.32. The molecule has 1 N–H and O–H groups in total. The summed E-state index contributed by atoms with van der Waals surface area (Å²) in [5.41, 5.74) is -0.501. The van der Waals surface area contributed by atoms with Gasteiger partial charge in [-0.2, -0.15) is 0 Å². The van der Waals surface area contributed by atoms with Crippen LogP contribution < -0.4 is 4.74 Å². The van der Waals surface area contributed by atoms with E-state index < -0.39 is 11.4 Å². The molecule has 0 amide bonds. The van der Waals surface area contributed by atoms with Gasteiger partial charge in [-0.15, -0.1) is 0 Å². The number of phenols is 1. The van der Waals surface area contributed by atoms with Crippen molar-refractivity contribution >= 4 is 11.8 Å². The second kappa shape index (κ2) is 4.57. The van der Waals surface area contributed by atoms with Gasteiger partial charge < -0.3 is 9.84 Å². The number of benzene rings is 1. The number of aromatic hydroxyl groups is 1. The molecule has 0 unspecified atom stereocenters. The molecule has 0 fully saturated rings. The first kappa shape index (κ1) is 13.2. The summed E-state index contributed by atoms with van der Waals surface area (Å²) >= 11 is 0. The lowest BCUT2D eigenvalue weighted by molar-refractivity contribution is -0.143. The molecule has 0 aromatic heterocycles. The molecule has 0 saturated heterocycles. The maximum Gasteiger partial charge on any atom is 0.316 e. The first-order valence-electron chi connectivity index (χ1n) is 5.28. The molecule has 0 aliphatic carbocycles. The van der Waals surface area contributed by atoms with Gasteiger partial charge in [0.15, 0.2) is 17.3 Å². The molecule has 1 aromatic rings. The van der Waals surface area contributed by atoms with Crippen molar-refractivity contribution in [1.29, 1.82) is 0 Å². The summed E-state index contributed by atoms with van der Waals surface area (Å²) in [6.45, 7) is 6.44. The molecular weight excluding hydrogens is 220 g/mol. The number of phenolic OH excluding ortho intramolecular Hbond substituents is 1. The Hall–Kier alpha value is -1.84. The van der Waals surface area contributed by atoms with Crippen LogP contribution in [0.2, 0.25) is 0 Å². The van der Waals surface area contributed by atoms with Crippen LogP contribution in [0.4, 0.5) is 0 Å². The van der Waals surface area contributed by atoms with Gasteiger partial charge in [-0.25, -0.2) is 0 Å². The molecule has 0 bridgehead atoms. The molecule has 92 valence electrons. The van der Waals surface area contributed by atoms with Crippen LogP contribution in [-0.2, 0) is 4.79 Å². The van der Waals surface area contributed by atoms with E-state index in [-0.39, 0.29) is 22.8 Å². The zero-order valence-corrected chi connectivity index (χ0v) is 10.4. The van der Waals surface area contributed by atoms with Crippen LogP contribution in [0.15, 0.2) is 18.2 Å². The highest BCUT2D eigenvalue weighted by molar-refractivity contribution is 5.98. The molecule has 0 radical (unpaired) electrons. The van der Waals surface area contributed by atoms with E-state index in [9.17, 15) is 14.7 Å². The molecule has 17 heavy (non-hydrogen) atoms. The van der Waals surface area contributed by atoms with Crippen LogP contribution in [0.25, 0.3) is 0 Å². The standard InChI is InChI=1S/C13H16O4/c1-8(14)9-6-5-7-10(15)11(9)17-12(16)13(2,3)4/h5-7,15H,1-4H3. The van der Waals surface area contributed by atoms with Crippen LogP contribution in [0.3, 0.4) is 0 Å². The summed E-state index contributed by atoms with van der Waals surface area (Å²) in [5.74, 6) is -1.05. The quantitative estimate of drug-likeness (QED) is 0.487. The minimum absolute atomic E-state index is 0.0695. The summed E-state index contributed by atoms with van der Waals surface area (Å²) in [4.78, 5) is 23.1. The smallest absolute Gasteiger partial charge is 0.316 e. The van der Waals surface area contributed by atoms with Gasteiger partial charge in [-0.05, 0) is 39.8 Å². The van der Waals surface area contributed by atoms with Gasteiger partial charge in [0.2, 0.25) is 0 Å². The minimum atomic E-state index is -0.698. The molecular formula is C13H16O4. The van der Waals surface area contributed by atoms with Gasteiger partial charge in [0.1, 0.15) is 0 Å². The predicted molar refractivity (Wildman–Crippen MR) is 63.2 cm³/mol. The maximum absolute atomic E-state index is 11.7. The fourth-order valence-corrected chi connectivity index (χ4v) is 1.16. The fourth-order valence-electron chi connectivity index (χ4n) is 1.16. The van der Waals surface area contributed by atoms with Crippen molar-refractivity contribution < 1.29 is 19.4 Å². The summed E-state index contributed by atoms with van der Waals surface area (Å²) in [6, 6.07) is 4.41. The zero-order chi connectivity index (χ0) is 13.2. The van der Waals surface area contributed by atoms with Crippen molar-refractivity contribution in [3.63, 3.8) is 0 Å². The number of para-hydroxylation sites is 1. The second-order valence-corrected chi connectivity index (χ2v) is 4.85. The average molecular weight is 236 g/mol. The van der Waals surface area contributed by atoms with E-state index >= 15 is 0 Å². The van der Waals surface area contributed by atoms with Crippen molar-refractivity contribution in [2.24, 2.45) is 5.41 Å². The Bertz CT molecular complexity index is 455. The number of hydrogen-bond donors (Lipinski definition) is 1. The average Bonchev–Trinajstić information content (AvgIpc) is 2.18. The number of carbonyl (C=O) groups excluding carboxylic acids is 2. The van der Waals surface area contributed by atoms with Crippen molar-refractivity contribution in [2.75, 3.05) is 0 Å². The van der Waals surface area contributed by atoms with Crippen LogP contribution >= 0.6 is 0 Å². The lowest BCUT2D eigenvalue weighted by atomic mass is 9.97. The number of carbonyl (C=O) groups is 2. The van der Waals surface area contributed by atoms with E-state index in [1.54, 1.807) is 20.8 Å². The monoisotopic (exact) mass is 236 g/mol. The molecule has 0 saturated carbocycles. The van der Waals surface area contributed by atoms with Crippen LogP contribution in [0.1, 0.15) is 38.1 Å². The first-order valence-corrected chi connectivity index (χ1v) is 5.28. The van der Waals surface area contributed by atoms with Crippen LogP contribution in [0.5, 0.6) is 11.5 Å². The maximum atomic E-state index is 11.7. The second-order valence-electron chi connectivity index (χ2n) is 4.85. The molecule has 0 aliphatic rings. The van der Waals surface area contributed by atoms with Gasteiger partial charge in [0.25, 0.3) is 0 Å². The highest BCUT2D eigenvalue weighted by Gasteiger charge is 2.26. The van der Waals surface area contributed by atoms with Crippen molar-refractivity contribution in [3.8, 4) is 11.5 Å². The Kier molecular flexibility index (Phi) is 3.56. The number of ketones is 1. The third-order valence-electron chi connectivity index (χ3n) is 2.18. The molecule has 1 aromatic carbocycles. The number of hydrogen-bond acceptors (Lipinski definition) is 4. The van der Waals surface area contributed by atoms with Gasteiger partial charge >= 0.3 is 5.97 Å². The van der Waals surface area contributed by atoms with Crippen LogP contribution in [0, 0.1) is 5.41 Å². The largest absolute Gasteiger partial charge is 0.504 e. The summed E-state index contributed by atoms with van der Waals surface area (Å²) in [6.07, 6.45) is 0. The lowest BCUT2D eigenvalue weighted by Gasteiger charge is -2.18. The van der Waals surface area contributed by atoms with Crippen molar-refractivity contribution in [3.05, 3.63) is 23.8 Å². The summed E-state index contributed by atoms with van der Waals surface area (Å²) < 4.78 is 5.09. The number of ether oxygens (including phenoxy) is 1. The minimum Gasteiger partial charge on any atom is -0.504 e. The Morgan fingerprint density at radius 1 is 1.24 bits per heavy atom. The SMILES string of the molecule is CC(=O)c1cccc(O)c1OC(=O)C(C)(C)C. The Morgan fingerprint density at radius 3 is 2.29 bits per heavy atom. The van der Waals surface area contributed by atoms with E-state index in [0.29, 0.717) is 0 Å². The molecule has 4 nitrogen and oxygen atoms in total. The Morgan fingerprint density at radius 2 is 1.82 bits per heavy atom. The van der Waals surface area contributed by atoms with Crippen molar-refractivity contribution in [1.82, 2.24) is 0 Å². The first-order chi connectivity index (χ1) is 7.73. The molecule has 0 heterocycles. The third-order valence-corrected chi connectivity index (χ3v) is 2.18. The van der Waals surface area contributed by atoms with E-state index in [1.165, 1.54) is 25.1 Å². The lowest BCUT2D eigenvalue weighted by Crippen LogP contribution is -2.26. The number of Topliss-reactive ketones (excluding diaryl/α,β-unsaturated/α-hetero) is 1. The van der Waals surface area contributed by atoms with E-state index in [4.69, 9.17) is 4.74 Å².